The number of anilines is 1. The van der Waals surface area contributed by atoms with Gasteiger partial charge in [0.05, 0.1) is 19.3 Å². The summed E-state index contributed by atoms with van der Waals surface area (Å²) in [6.45, 7) is 2.41. The predicted molar refractivity (Wildman–Crippen MR) is 89.8 cm³/mol. The minimum atomic E-state index is 0.384. The van der Waals surface area contributed by atoms with Crippen LogP contribution in [-0.4, -0.2) is 17.3 Å². The number of aromatic nitrogens is 2. The fourth-order valence-corrected chi connectivity index (χ4v) is 2.38. The molecule has 0 aliphatic heterocycles. The molecule has 0 spiro atoms. The second kappa shape index (κ2) is 6.71. The molecule has 2 aromatic carbocycles. The van der Waals surface area contributed by atoms with Crippen LogP contribution in [0, 0.1) is 6.92 Å². The summed E-state index contributed by atoms with van der Waals surface area (Å²) < 4.78 is 11.0. The number of halogens is 1. The lowest BCUT2D eigenvalue weighted by Crippen LogP contribution is -2.01. The lowest BCUT2D eigenvalue weighted by molar-refractivity contribution is 0.416. The number of aryl methyl sites for hydroxylation is 1. The molecule has 3 rings (SSSR count). The second-order valence-electron chi connectivity index (χ2n) is 5.07. The Morgan fingerprint density at radius 3 is 2.83 bits per heavy atom. The molecule has 0 aliphatic carbocycles. The Morgan fingerprint density at radius 1 is 1.17 bits per heavy atom. The van der Waals surface area contributed by atoms with Crippen LogP contribution in [0.5, 0.6) is 5.75 Å². The first-order chi connectivity index (χ1) is 11.2. The zero-order chi connectivity index (χ0) is 16.2. The maximum Gasteiger partial charge on any atom is 0.247 e. The third-order valence-electron chi connectivity index (χ3n) is 3.32. The standard InChI is InChI=1S/C17H16ClN3O2/c1-11-4-3-5-12(8-11)17-21-20-16(23-17)10-19-14-9-13(18)6-7-15(14)22-2/h3-9,19H,10H2,1-2H3. The third kappa shape index (κ3) is 3.63. The average molecular weight is 330 g/mol. The molecule has 1 N–H and O–H groups in total. The molecular formula is C17H16ClN3O2. The minimum absolute atomic E-state index is 0.384. The summed E-state index contributed by atoms with van der Waals surface area (Å²) >= 11 is 6.01. The van der Waals surface area contributed by atoms with Gasteiger partial charge in [0.1, 0.15) is 5.75 Å². The van der Waals surface area contributed by atoms with Crippen molar-refractivity contribution in [3.8, 4) is 17.2 Å². The summed E-state index contributed by atoms with van der Waals surface area (Å²) in [6, 6.07) is 13.3. The van der Waals surface area contributed by atoms with Crippen LogP contribution in [0.15, 0.2) is 46.9 Å². The van der Waals surface area contributed by atoms with Crippen molar-refractivity contribution in [3.05, 3.63) is 58.9 Å². The van der Waals surface area contributed by atoms with Gasteiger partial charge in [-0.15, -0.1) is 10.2 Å². The van der Waals surface area contributed by atoms with Crippen LogP contribution in [0.4, 0.5) is 5.69 Å². The Bertz CT molecular complexity index is 817. The second-order valence-corrected chi connectivity index (χ2v) is 5.51. The van der Waals surface area contributed by atoms with Gasteiger partial charge in [0.15, 0.2) is 0 Å². The third-order valence-corrected chi connectivity index (χ3v) is 3.56. The lowest BCUT2D eigenvalue weighted by atomic mass is 10.1. The summed E-state index contributed by atoms with van der Waals surface area (Å²) in [4.78, 5) is 0. The van der Waals surface area contributed by atoms with E-state index in [0.29, 0.717) is 29.1 Å². The van der Waals surface area contributed by atoms with Crippen LogP contribution in [0.25, 0.3) is 11.5 Å². The van der Waals surface area contributed by atoms with Gasteiger partial charge in [-0.3, -0.25) is 0 Å². The van der Waals surface area contributed by atoms with E-state index in [9.17, 15) is 0 Å². The largest absolute Gasteiger partial charge is 0.495 e. The zero-order valence-corrected chi connectivity index (χ0v) is 13.6. The van der Waals surface area contributed by atoms with Gasteiger partial charge in [-0.2, -0.15) is 0 Å². The van der Waals surface area contributed by atoms with Crippen molar-refractivity contribution >= 4 is 17.3 Å². The molecule has 5 nitrogen and oxygen atoms in total. The van der Waals surface area contributed by atoms with Crippen LogP contribution in [0.3, 0.4) is 0 Å². The molecule has 6 heteroatoms. The summed E-state index contributed by atoms with van der Waals surface area (Å²) in [7, 11) is 1.61. The molecule has 0 saturated carbocycles. The lowest BCUT2D eigenvalue weighted by Gasteiger charge is -2.09. The van der Waals surface area contributed by atoms with Crippen LogP contribution < -0.4 is 10.1 Å². The Balaban J connectivity index is 1.74. The highest BCUT2D eigenvalue weighted by molar-refractivity contribution is 6.30. The molecular weight excluding hydrogens is 314 g/mol. The maximum absolute atomic E-state index is 6.01. The Hall–Kier alpha value is -2.53. The molecule has 3 aromatic rings. The van der Waals surface area contributed by atoms with Crippen LogP contribution in [-0.2, 0) is 6.54 Å². The van der Waals surface area contributed by atoms with Crippen molar-refractivity contribution in [1.29, 1.82) is 0 Å². The Labute approximate surface area is 139 Å². The number of benzene rings is 2. The van der Waals surface area contributed by atoms with Crippen molar-refractivity contribution in [2.75, 3.05) is 12.4 Å². The number of nitrogens with one attached hydrogen (secondary N) is 1. The van der Waals surface area contributed by atoms with Gasteiger partial charge in [0.2, 0.25) is 11.8 Å². The van der Waals surface area contributed by atoms with E-state index in [1.807, 2.05) is 31.2 Å². The van der Waals surface area contributed by atoms with Crippen molar-refractivity contribution in [3.63, 3.8) is 0 Å². The van der Waals surface area contributed by atoms with E-state index in [-0.39, 0.29) is 0 Å². The van der Waals surface area contributed by atoms with Gasteiger partial charge in [0, 0.05) is 10.6 Å². The first kappa shape index (κ1) is 15.4. The average Bonchev–Trinajstić information content (AvgIpc) is 3.02. The molecule has 1 aromatic heterocycles. The summed E-state index contributed by atoms with van der Waals surface area (Å²) in [5.41, 5.74) is 2.82. The molecule has 0 bridgehead atoms. The number of hydrogen-bond donors (Lipinski definition) is 1. The van der Waals surface area contributed by atoms with E-state index in [1.165, 1.54) is 0 Å². The molecule has 0 aliphatic rings. The highest BCUT2D eigenvalue weighted by Gasteiger charge is 2.10. The van der Waals surface area contributed by atoms with E-state index in [2.05, 4.69) is 15.5 Å². The number of methoxy groups -OCH3 is 1. The number of rotatable bonds is 5. The van der Waals surface area contributed by atoms with Crippen LogP contribution in [0.1, 0.15) is 11.5 Å². The first-order valence-electron chi connectivity index (χ1n) is 7.12. The van der Waals surface area contributed by atoms with Crippen molar-refractivity contribution in [1.82, 2.24) is 10.2 Å². The molecule has 23 heavy (non-hydrogen) atoms. The van der Waals surface area contributed by atoms with Gasteiger partial charge in [0.25, 0.3) is 0 Å². The number of hydrogen-bond acceptors (Lipinski definition) is 5. The van der Waals surface area contributed by atoms with E-state index in [0.717, 1.165) is 16.8 Å². The molecule has 0 saturated heterocycles. The highest BCUT2D eigenvalue weighted by atomic mass is 35.5. The minimum Gasteiger partial charge on any atom is -0.495 e. The van der Waals surface area contributed by atoms with Gasteiger partial charge < -0.3 is 14.5 Å². The maximum atomic E-state index is 6.01. The molecule has 0 radical (unpaired) electrons. The van der Waals surface area contributed by atoms with Gasteiger partial charge in [-0.05, 0) is 37.3 Å². The van der Waals surface area contributed by atoms with Crippen LogP contribution in [0.2, 0.25) is 5.02 Å². The number of nitrogens with zero attached hydrogens (tertiary/aromatic N) is 2. The monoisotopic (exact) mass is 329 g/mol. The zero-order valence-electron chi connectivity index (χ0n) is 12.8. The smallest absolute Gasteiger partial charge is 0.247 e. The molecule has 0 atom stereocenters. The van der Waals surface area contributed by atoms with Crippen molar-refractivity contribution < 1.29 is 9.15 Å². The van der Waals surface area contributed by atoms with E-state index < -0.39 is 0 Å². The topological polar surface area (TPSA) is 60.2 Å². The van der Waals surface area contributed by atoms with Crippen molar-refractivity contribution in [2.24, 2.45) is 0 Å². The van der Waals surface area contributed by atoms with Gasteiger partial charge >= 0.3 is 0 Å². The predicted octanol–water partition coefficient (Wildman–Crippen LogP) is 4.32. The fourth-order valence-electron chi connectivity index (χ4n) is 2.21. The van der Waals surface area contributed by atoms with E-state index in [1.54, 1.807) is 25.3 Å². The van der Waals surface area contributed by atoms with Gasteiger partial charge in [-0.25, -0.2) is 0 Å². The van der Waals surface area contributed by atoms with Gasteiger partial charge in [-0.1, -0.05) is 29.3 Å². The van der Waals surface area contributed by atoms with Crippen LogP contribution >= 0.6 is 11.6 Å². The van der Waals surface area contributed by atoms with E-state index >= 15 is 0 Å². The number of ether oxygens (including phenoxy) is 1. The van der Waals surface area contributed by atoms with Crippen molar-refractivity contribution in [2.45, 2.75) is 13.5 Å². The molecule has 1 heterocycles. The SMILES string of the molecule is COc1ccc(Cl)cc1NCc1nnc(-c2cccc(C)c2)o1. The Kier molecular flexibility index (Phi) is 4.48. The molecule has 0 fully saturated rings. The summed E-state index contributed by atoms with van der Waals surface area (Å²) in [5, 5.41) is 12.0. The molecule has 118 valence electrons. The molecule has 0 amide bonds. The highest BCUT2D eigenvalue weighted by Crippen LogP contribution is 2.28. The quantitative estimate of drug-likeness (QED) is 0.755. The van der Waals surface area contributed by atoms with E-state index in [4.69, 9.17) is 20.8 Å². The first-order valence-corrected chi connectivity index (χ1v) is 7.50. The summed E-state index contributed by atoms with van der Waals surface area (Å²) in [5.74, 6) is 1.69. The molecule has 0 unspecified atom stereocenters. The normalized spacial score (nSPS) is 10.6. The Morgan fingerprint density at radius 2 is 2.04 bits per heavy atom. The fraction of sp³-hybridized carbons (Fsp3) is 0.176. The summed E-state index contributed by atoms with van der Waals surface area (Å²) in [6.07, 6.45) is 0.